The Bertz CT molecular complexity index is 388. The van der Waals surface area contributed by atoms with Crippen molar-refractivity contribution >= 4 is 23.0 Å². The average Bonchev–Trinajstić information content (AvgIpc) is 2.33. The molecule has 0 aliphatic carbocycles. The first-order valence-corrected chi connectivity index (χ1v) is 7.00. The first-order chi connectivity index (χ1) is 8.99. The number of carbonyl (C=O) groups excluding carboxylic acids is 1. The highest BCUT2D eigenvalue weighted by Gasteiger charge is 2.21. The van der Waals surface area contributed by atoms with Crippen LogP contribution in [0, 0.1) is 0 Å². The predicted octanol–water partition coefficient (Wildman–Crippen LogP) is 3.65. The van der Waals surface area contributed by atoms with Crippen LogP contribution in [-0.2, 0) is 4.74 Å². The second kappa shape index (κ2) is 7.53. The molecule has 0 aromatic heterocycles. The molecule has 1 unspecified atom stereocenters. The van der Waals surface area contributed by atoms with Gasteiger partial charge >= 0.3 is 6.09 Å². The van der Waals surface area contributed by atoms with E-state index in [1.165, 1.54) is 4.90 Å². The number of rotatable bonds is 4. The van der Waals surface area contributed by atoms with E-state index in [1.54, 1.807) is 27.8 Å². The number of amides is 1. The number of hydrogen-bond acceptors (Lipinski definition) is 3. The first-order valence-electron chi connectivity index (χ1n) is 6.62. The minimum Gasteiger partial charge on any atom is -0.443 e. The Morgan fingerprint density at radius 3 is 2.30 bits per heavy atom. The molecule has 0 aliphatic rings. The number of aliphatic imine (C=N–C) groups is 1. The van der Waals surface area contributed by atoms with Crippen molar-refractivity contribution in [2.75, 3.05) is 14.1 Å². The molecular formula is C14H26ClN3O2. The Balaban J connectivity index is 4.79. The zero-order chi connectivity index (χ0) is 16.1. The molecule has 20 heavy (non-hydrogen) atoms. The molecule has 0 fully saturated rings. The lowest BCUT2D eigenvalue weighted by Gasteiger charge is -2.26. The van der Waals surface area contributed by atoms with Crippen molar-refractivity contribution < 1.29 is 9.53 Å². The number of amidine groups is 1. The maximum Gasteiger partial charge on any atom is 0.415 e. The predicted molar refractivity (Wildman–Crippen MR) is 83.9 cm³/mol. The lowest BCUT2D eigenvalue weighted by atomic mass is 10.2. The van der Waals surface area contributed by atoms with E-state index in [-0.39, 0.29) is 11.9 Å². The second-order valence-corrected chi connectivity index (χ2v) is 6.04. The van der Waals surface area contributed by atoms with Crippen LogP contribution in [0.4, 0.5) is 4.79 Å². The third-order valence-electron chi connectivity index (χ3n) is 2.82. The molecule has 0 spiro atoms. The molecule has 0 aromatic rings. The van der Waals surface area contributed by atoms with E-state index in [0.717, 1.165) is 6.42 Å². The third-order valence-corrected chi connectivity index (χ3v) is 3.17. The molecule has 0 bridgehead atoms. The zero-order valence-electron chi connectivity index (χ0n) is 13.5. The monoisotopic (exact) mass is 303 g/mol. The summed E-state index contributed by atoms with van der Waals surface area (Å²) in [4.78, 5) is 19.1. The van der Waals surface area contributed by atoms with Gasteiger partial charge in [-0.05, 0) is 45.7 Å². The standard InChI is InChI=1S/C14H26ClN3O2/c1-9-10(2)17(7)12(15)16-11(3)18(8)13(19)20-14(4,5)6/h10H,3,9H2,1-2,4-8H3/b16-12+. The van der Waals surface area contributed by atoms with E-state index >= 15 is 0 Å². The van der Waals surface area contributed by atoms with Gasteiger partial charge < -0.3 is 9.64 Å². The van der Waals surface area contributed by atoms with E-state index in [0.29, 0.717) is 5.29 Å². The zero-order valence-corrected chi connectivity index (χ0v) is 14.3. The van der Waals surface area contributed by atoms with Crippen LogP contribution in [0.15, 0.2) is 17.4 Å². The quantitative estimate of drug-likeness (QED) is 0.452. The molecule has 1 atom stereocenters. The van der Waals surface area contributed by atoms with Gasteiger partial charge in [-0.15, -0.1) is 0 Å². The van der Waals surface area contributed by atoms with Crippen LogP contribution in [0.5, 0.6) is 0 Å². The lowest BCUT2D eigenvalue weighted by Crippen LogP contribution is -2.35. The molecule has 0 N–H and O–H groups in total. The maximum absolute atomic E-state index is 11.9. The molecule has 6 heteroatoms. The van der Waals surface area contributed by atoms with Crippen LogP contribution < -0.4 is 0 Å². The summed E-state index contributed by atoms with van der Waals surface area (Å²) in [5.74, 6) is 0.236. The molecule has 116 valence electrons. The molecule has 0 rings (SSSR count). The molecule has 0 radical (unpaired) electrons. The minimum absolute atomic E-state index is 0.236. The lowest BCUT2D eigenvalue weighted by molar-refractivity contribution is 0.0352. The fourth-order valence-corrected chi connectivity index (χ4v) is 1.42. The molecule has 5 nitrogen and oxygen atoms in total. The van der Waals surface area contributed by atoms with Crippen molar-refractivity contribution in [3.8, 4) is 0 Å². The Labute approximate surface area is 127 Å². The van der Waals surface area contributed by atoms with Crippen LogP contribution in [0.2, 0.25) is 0 Å². The molecule has 0 aliphatic heterocycles. The maximum atomic E-state index is 11.9. The van der Waals surface area contributed by atoms with Crippen molar-refractivity contribution in [3.63, 3.8) is 0 Å². The number of ether oxygens (including phenoxy) is 1. The van der Waals surface area contributed by atoms with Gasteiger partial charge in [0.25, 0.3) is 0 Å². The molecule has 0 saturated heterocycles. The molecule has 1 amide bonds. The average molecular weight is 304 g/mol. The van der Waals surface area contributed by atoms with E-state index in [4.69, 9.17) is 16.3 Å². The van der Waals surface area contributed by atoms with Crippen LogP contribution in [0.3, 0.4) is 0 Å². The van der Waals surface area contributed by atoms with Crippen LogP contribution in [-0.4, -0.2) is 46.9 Å². The highest BCUT2D eigenvalue weighted by atomic mass is 35.5. The summed E-state index contributed by atoms with van der Waals surface area (Å²) >= 11 is 6.12. The molecule has 0 heterocycles. The van der Waals surface area contributed by atoms with Crippen molar-refractivity contribution in [2.45, 2.75) is 52.7 Å². The topological polar surface area (TPSA) is 45.1 Å². The van der Waals surface area contributed by atoms with Gasteiger partial charge in [-0.25, -0.2) is 9.79 Å². The van der Waals surface area contributed by atoms with Crippen LogP contribution in [0.25, 0.3) is 0 Å². The highest BCUT2D eigenvalue weighted by Crippen LogP contribution is 2.13. The van der Waals surface area contributed by atoms with Crippen molar-refractivity contribution in [2.24, 2.45) is 4.99 Å². The normalized spacial score (nSPS) is 13.7. The van der Waals surface area contributed by atoms with E-state index < -0.39 is 11.7 Å². The Morgan fingerprint density at radius 1 is 1.40 bits per heavy atom. The summed E-state index contributed by atoms with van der Waals surface area (Å²) in [6, 6.07) is 0.255. The summed E-state index contributed by atoms with van der Waals surface area (Å²) in [6.07, 6.45) is 0.429. The number of hydrogen-bond donors (Lipinski definition) is 0. The number of halogens is 1. The Kier molecular flexibility index (Phi) is 7.06. The van der Waals surface area contributed by atoms with Gasteiger partial charge in [0.1, 0.15) is 11.4 Å². The van der Waals surface area contributed by atoms with Crippen molar-refractivity contribution in [1.82, 2.24) is 9.80 Å². The third kappa shape index (κ3) is 6.28. The van der Waals surface area contributed by atoms with Crippen LogP contribution in [0.1, 0.15) is 41.0 Å². The summed E-state index contributed by atoms with van der Waals surface area (Å²) in [7, 11) is 3.40. The van der Waals surface area contributed by atoms with E-state index in [2.05, 4.69) is 18.5 Å². The SMILES string of the molecule is C=C(/N=C(\Cl)N(C)C(C)CC)N(C)C(=O)OC(C)(C)C. The first kappa shape index (κ1) is 18.8. The van der Waals surface area contributed by atoms with Crippen molar-refractivity contribution in [3.05, 3.63) is 12.4 Å². The van der Waals surface area contributed by atoms with Gasteiger partial charge in [0.05, 0.1) is 0 Å². The van der Waals surface area contributed by atoms with Gasteiger partial charge in [0, 0.05) is 20.1 Å². The van der Waals surface area contributed by atoms with Crippen LogP contribution >= 0.6 is 11.6 Å². The summed E-state index contributed by atoms with van der Waals surface area (Å²) < 4.78 is 5.23. The largest absolute Gasteiger partial charge is 0.443 e. The summed E-state index contributed by atoms with van der Waals surface area (Å²) in [5.41, 5.74) is -0.563. The van der Waals surface area contributed by atoms with Gasteiger partial charge in [-0.1, -0.05) is 13.5 Å². The fourth-order valence-electron chi connectivity index (χ4n) is 1.15. The van der Waals surface area contributed by atoms with Gasteiger partial charge in [0.2, 0.25) is 0 Å². The van der Waals surface area contributed by atoms with E-state index in [9.17, 15) is 4.79 Å². The smallest absolute Gasteiger partial charge is 0.415 e. The Morgan fingerprint density at radius 2 is 1.90 bits per heavy atom. The van der Waals surface area contributed by atoms with E-state index in [1.807, 2.05) is 18.9 Å². The molecule has 0 saturated carbocycles. The number of nitrogens with zero attached hydrogens (tertiary/aromatic N) is 3. The van der Waals surface area contributed by atoms with Gasteiger partial charge in [-0.3, -0.25) is 4.90 Å². The number of carbonyl (C=O) groups is 1. The summed E-state index contributed by atoms with van der Waals surface area (Å²) in [5, 5.41) is 0.291. The molecule has 0 aromatic carbocycles. The highest BCUT2D eigenvalue weighted by molar-refractivity contribution is 6.64. The van der Waals surface area contributed by atoms with Gasteiger partial charge in [-0.2, -0.15) is 0 Å². The minimum atomic E-state index is -0.563. The molecular weight excluding hydrogens is 278 g/mol. The second-order valence-electron chi connectivity index (χ2n) is 5.70. The van der Waals surface area contributed by atoms with Crippen molar-refractivity contribution in [1.29, 1.82) is 0 Å². The fraction of sp³-hybridized carbons (Fsp3) is 0.714. The van der Waals surface area contributed by atoms with Gasteiger partial charge in [0.15, 0.2) is 5.29 Å². The summed E-state index contributed by atoms with van der Waals surface area (Å²) in [6.45, 7) is 13.2. The Hall–Kier alpha value is -1.23.